The highest BCUT2D eigenvalue weighted by Gasteiger charge is 2.42. The lowest BCUT2D eigenvalue weighted by atomic mass is 10.00. The second-order valence-electron chi connectivity index (χ2n) is 28.1. The minimum atomic E-state index is -1.71. The van der Waals surface area contributed by atoms with Gasteiger partial charge in [-0.15, -0.1) is 0 Å². The Hall–Kier alpha value is -8.93. The predicted molar refractivity (Wildman–Crippen MR) is 393 cm³/mol. The normalized spacial score (nSPS) is 17.3. The molecular formula is C74H118N16O14. The maximum absolute atomic E-state index is 14.7. The molecular weight excluding hydrogens is 1340 g/mol. The van der Waals surface area contributed by atoms with Crippen molar-refractivity contribution in [2.45, 2.75) is 255 Å². The van der Waals surface area contributed by atoms with Crippen molar-refractivity contribution in [1.29, 1.82) is 0 Å². The molecule has 18 N–H and O–H groups in total. The van der Waals surface area contributed by atoms with Crippen LogP contribution in [0.2, 0.25) is 0 Å². The Morgan fingerprint density at radius 3 is 1.54 bits per heavy atom. The summed E-state index contributed by atoms with van der Waals surface area (Å²) in [6.45, 7) is 4.89. The van der Waals surface area contributed by atoms with E-state index in [1.54, 1.807) is 49.1 Å². The highest BCUT2D eigenvalue weighted by molar-refractivity contribution is 5.99. The predicted octanol–water partition coefficient (Wildman–Crippen LogP) is 1.48. The van der Waals surface area contributed by atoms with E-state index >= 15 is 0 Å². The highest BCUT2D eigenvalue weighted by Crippen LogP contribution is 2.24. The van der Waals surface area contributed by atoms with Crippen LogP contribution in [-0.4, -0.2) is 209 Å². The molecule has 0 radical (unpaired) electrons. The van der Waals surface area contributed by atoms with Crippen molar-refractivity contribution < 1.29 is 67.7 Å². The molecule has 0 bridgehead atoms. The van der Waals surface area contributed by atoms with E-state index in [4.69, 9.17) is 22.9 Å². The van der Waals surface area contributed by atoms with Crippen LogP contribution < -0.4 is 65.5 Å². The van der Waals surface area contributed by atoms with Crippen LogP contribution in [0.4, 0.5) is 0 Å². The van der Waals surface area contributed by atoms with E-state index in [9.17, 15) is 67.7 Å². The van der Waals surface area contributed by atoms with Gasteiger partial charge in [0.25, 0.3) is 0 Å². The standard InChI is InChI=1S/C74H118N16O14/c1-4-5-6-7-8-9-10-11-12-13-14-15-19-33-64(95)88-40-23-30-59(88)69(100)81-47-63(94)82-57(45-50-26-17-16-18-27-50)73(104)90-42-25-32-61(90)71(102)87-58(48-91)68(99)86-56(44-51-34-36-52(92)37-35-51)67(98)83-53(28-20-21-38-75)65(96)85-55(43-49(2)3)66(97)84-54(29-22-39-79-74(77)78)72(103)89-41-24-31-60(89)70(101)80-46-62(76)93/h16-18,26-27,34-37,49,53-61,91-92H,4-15,19-25,28-33,38-48,75H2,1-3H3,(H2,76,93)(H,80,101)(H,81,100)(H,82,94)(H,83,98)(H,84,97)(H,85,96)(H,86,99)(H,87,102)(H4,77,78,79). The fraction of sp³-hybridized carbons (Fsp3) is 0.662. The number of amides is 12. The summed E-state index contributed by atoms with van der Waals surface area (Å²) in [4.78, 5) is 175. The van der Waals surface area contributed by atoms with Gasteiger partial charge in [-0.05, 0) is 119 Å². The van der Waals surface area contributed by atoms with Gasteiger partial charge in [-0.2, -0.15) is 0 Å². The van der Waals surface area contributed by atoms with E-state index in [0.29, 0.717) is 62.6 Å². The first-order valence-electron chi connectivity index (χ1n) is 37.7. The molecule has 0 aliphatic carbocycles. The van der Waals surface area contributed by atoms with Gasteiger partial charge in [0.1, 0.15) is 60.1 Å². The van der Waals surface area contributed by atoms with Gasteiger partial charge in [0.05, 0.1) is 19.7 Å². The second-order valence-corrected chi connectivity index (χ2v) is 28.1. The molecule has 3 heterocycles. The molecule has 2 aromatic carbocycles. The molecule has 3 aliphatic heterocycles. The van der Waals surface area contributed by atoms with Gasteiger partial charge in [0.15, 0.2) is 5.96 Å². The first-order valence-corrected chi connectivity index (χ1v) is 37.7. The van der Waals surface area contributed by atoms with Crippen LogP contribution in [0.5, 0.6) is 5.75 Å². The number of aromatic hydroxyl groups is 1. The second kappa shape index (κ2) is 46.7. The molecule has 2 aromatic rings. The number of nitrogens with two attached hydrogens (primary N) is 4. The van der Waals surface area contributed by atoms with Crippen LogP contribution in [0.25, 0.3) is 0 Å². The van der Waals surface area contributed by atoms with Crippen LogP contribution in [0, 0.1) is 5.92 Å². The Balaban J connectivity index is 1.25. The number of primary amides is 1. The van der Waals surface area contributed by atoms with Crippen LogP contribution in [-0.2, 0) is 70.4 Å². The molecule has 9 unspecified atom stereocenters. The molecule has 578 valence electrons. The van der Waals surface area contributed by atoms with Crippen molar-refractivity contribution in [3.63, 3.8) is 0 Å². The topological polar surface area (TPSA) is 468 Å². The van der Waals surface area contributed by atoms with E-state index in [0.717, 1.165) is 25.7 Å². The van der Waals surface area contributed by atoms with Crippen LogP contribution in [0.3, 0.4) is 0 Å². The number of guanidine groups is 1. The number of unbranched alkanes of at least 4 members (excludes halogenated alkanes) is 13. The van der Waals surface area contributed by atoms with Gasteiger partial charge in [-0.1, -0.05) is 140 Å². The van der Waals surface area contributed by atoms with Crippen molar-refractivity contribution in [3.05, 3.63) is 65.7 Å². The monoisotopic (exact) mass is 1450 g/mol. The number of aliphatic imine (C=N–C) groups is 1. The van der Waals surface area contributed by atoms with Crippen molar-refractivity contribution >= 4 is 76.8 Å². The molecule has 9 atom stereocenters. The Bertz CT molecular complexity index is 3120. The molecule has 3 fully saturated rings. The van der Waals surface area contributed by atoms with Gasteiger partial charge in [-0.25, -0.2) is 0 Å². The molecule has 3 saturated heterocycles. The third-order valence-corrected chi connectivity index (χ3v) is 19.1. The van der Waals surface area contributed by atoms with E-state index in [1.807, 2.05) is 0 Å². The lowest BCUT2D eigenvalue weighted by Gasteiger charge is -2.31. The molecule has 12 amide bonds. The zero-order valence-electron chi connectivity index (χ0n) is 61.3. The maximum atomic E-state index is 14.7. The Labute approximate surface area is 612 Å². The number of phenols is 1. The number of aliphatic hydroxyl groups is 1. The fourth-order valence-electron chi connectivity index (χ4n) is 13.5. The number of hydrogen-bond donors (Lipinski definition) is 14. The molecule has 0 saturated carbocycles. The molecule has 0 spiro atoms. The van der Waals surface area contributed by atoms with Crippen molar-refractivity contribution in [2.24, 2.45) is 33.8 Å². The summed E-state index contributed by atoms with van der Waals surface area (Å²) in [7, 11) is 0. The number of likely N-dealkylation sites (tertiary alicyclic amines) is 3. The van der Waals surface area contributed by atoms with E-state index in [2.05, 4.69) is 54.5 Å². The minimum absolute atomic E-state index is 0.00205. The van der Waals surface area contributed by atoms with Gasteiger partial charge in [0, 0.05) is 45.4 Å². The van der Waals surface area contributed by atoms with E-state index in [-0.39, 0.29) is 101 Å². The Morgan fingerprint density at radius 1 is 0.500 bits per heavy atom. The van der Waals surface area contributed by atoms with Gasteiger partial charge in [0.2, 0.25) is 70.9 Å². The quantitative estimate of drug-likeness (QED) is 0.0253. The summed E-state index contributed by atoms with van der Waals surface area (Å²) in [5.41, 5.74) is 23.3. The van der Waals surface area contributed by atoms with E-state index < -0.39 is 139 Å². The Morgan fingerprint density at radius 2 is 0.971 bits per heavy atom. The summed E-state index contributed by atoms with van der Waals surface area (Å²) in [5, 5.41) is 42.2. The summed E-state index contributed by atoms with van der Waals surface area (Å²) < 4.78 is 0. The lowest BCUT2D eigenvalue weighted by molar-refractivity contribution is -0.142. The average molecular weight is 1460 g/mol. The first kappa shape index (κ1) is 85.7. The number of nitrogens with zero attached hydrogens (tertiary/aromatic N) is 4. The first-order chi connectivity index (χ1) is 49.9. The molecule has 30 heteroatoms. The van der Waals surface area contributed by atoms with Crippen molar-refractivity contribution in [2.75, 3.05) is 52.4 Å². The SMILES string of the molecule is CCCCCCCCCCCCCCCC(=O)N1CCCC1C(=O)NCC(=O)NC(Cc1ccccc1)C(=O)N1CCCC1C(=O)NC(CO)C(=O)NC(Cc1ccc(O)cc1)C(=O)NC(CCCCN)C(=O)NC(CC(C)C)C(=O)NC(CCCN=C(N)N)C(=O)N1CCCC1C(=O)NCC(N)=O. The largest absolute Gasteiger partial charge is 0.508 e. The number of benzene rings is 2. The number of nitrogens with one attached hydrogen (secondary N) is 8. The van der Waals surface area contributed by atoms with Crippen molar-refractivity contribution in [3.8, 4) is 5.75 Å². The number of aliphatic hydroxyl groups excluding tert-OH is 1. The Kier molecular flexibility index (Phi) is 38.5. The summed E-state index contributed by atoms with van der Waals surface area (Å²) in [6, 6.07) is 3.31. The molecule has 3 aliphatic rings. The fourth-order valence-corrected chi connectivity index (χ4v) is 13.5. The number of rotatable bonds is 48. The number of hydrogen-bond acceptors (Lipinski definition) is 16. The summed E-state index contributed by atoms with van der Waals surface area (Å²) in [5.74, 6) is -8.73. The number of phenolic OH excluding ortho intramolecular Hbond substituents is 1. The summed E-state index contributed by atoms with van der Waals surface area (Å²) >= 11 is 0. The van der Waals surface area contributed by atoms with Gasteiger partial charge < -0.3 is 90.4 Å². The maximum Gasteiger partial charge on any atom is 0.246 e. The smallest absolute Gasteiger partial charge is 0.246 e. The third kappa shape index (κ3) is 30.0. The molecule has 0 aromatic heterocycles. The molecule has 104 heavy (non-hydrogen) atoms. The number of carbonyl (C=O) groups is 12. The average Bonchev–Trinajstić information content (AvgIpc) is 1.62. The summed E-state index contributed by atoms with van der Waals surface area (Å²) in [6.07, 6.45) is 18.7. The third-order valence-electron chi connectivity index (χ3n) is 19.1. The van der Waals surface area contributed by atoms with Crippen molar-refractivity contribution in [1.82, 2.24) is 57.2 Å². The van der Waals surface area contributed by atoms with Gasteiger partial charge in [-0.3, -0.25) is 62.5 Å². The van der Waals surface area contributed by atoms with Crippen LogP contribution >= 0.6 is 0 Å². The van der Waals surface area contributed by atoms with Crippen LogP contribution in [0.1, 0.15) is 199 Å². The molecule has 30 nitrogen and oxygen atoms in total. The highest BCUT2D eigenvalue weighted by atomic mass is 16.3. The zero-order chi connectivity index (χ0) is 75.9. The lowest BCUT2D eigenvalue weighted by Crippen LogP contribution is -2.61. The number of carbonyl (C=O) groups excluding carboxylic acids is 12. The minimum Gasteiger partial charge on any atom is -0.508 e. The van der Waals surface area contributed by atoms with Gasteiger partial charge >= 0.3 is 0 Å². The molecule has 5 rings (SSSR count). The van der Waals surface area contributed by atoms with E-state index in [1.165, 1.54) is 91.9 Å². The zero-order valence-corrected chi connectivity index (χ0v) is 61.3. The van der Waals surface area contributed by atoms with Crippen LogP contribution in [0.15, 0.2) is 59.6 Å².